The summed E-state index contributed by atoms with van der Waals surface area (Å²) in [6.07, 6.45) is -4.46. The van der Waals surface area contributed by atoms with Crippen LogP contribution >= 0.6 is 0 Å². The molecule has 0 spiro atoms. The van der Waals surface area contributed by atoms with E-state index in [9.17, 15) is 18.0 Å². The maximum Gasteiger partial charge on any atom is 0.416 e. The maximum atomic E-state index is 13.2. The number of carbonyl (C=O) groups excluding carboxylic acids is 1. The van der Waals surface area contributed by atoms with Crippen molar-refractivity contribution in [1.82, 2.24) is 20.6 Å². The summed E-state index contributed by atoms with van der Waals surface area (Å²) in [6.45, 7) is 0.596. The van der Waals surface area contributed by atoms with Crippen LogP contribution < -0.4 is 16.0 Å². The van der Waals surface area contributed by atoms with Crippen LogP contribution in [0.5, 0.6) is 0 Å². The maximum absolute atomic E-state index is 13.2. The van der Waals surface area contributed by atoms with Gasteiger partial charge in [-0.3, -0.25) is 10.1 Å². The Kier molecular flexibility index (Phi) is 5.60. The van der Waals surface area contributed by atoms with Gasteiger partial charge >= 0.3 is 6.18 Å². The molecule has 7 nitrogen and oxygen atoms in total. The highest BCUT2D eigenvalue weighted by molar-refractivity contribution is 5.82. The molecule has 2 atom stereocenters. The second-order valence-corrected chi connectivity index (χ2v) is 6.94. The van der Waals surface area contributed by atoms with E-state index in [2.05, 4.69) is 25.9 Å². The number of fused-ring (bicyclic) bond motifs is 1. The summed E-state index contributed by atoms with van der Waals surface area (Å²) in [5.41, 5.74) is 1.13. The molecule has 0 aliphatic carbocycles. The van der Waals surface area contributed by atoms with E-state index >= 15 is 0 Å². The number of amides is 1. The fourth-order valence-corrected chi connectivity index (χ4v) is 3.26. The molecule has 1 fully saturated rings. The highest BCUT2D eigenvalue weighted by atomic mass is 19.4. The van der Waals surface area contributed by atoms with E-state index in [1.54, 1.807) is 6.07 Å². The molecule has 158 valence electrons. The lowest BCUT2D eigenvalue weighted by Crippen LogP contribution is -2.44. The second kappa shape index (κ2) is 8.33. The second-order valence-electron chi connectivity index (χ2n) is 6.94. The number of nitrogens with one attached hydrogen (secondary N) is 4. The van der Waals surface area contributed by atoms with Gasteiger partial charge in [0.15, 0.2) is 0 Å². The van der Waals surface area contributed by atoms with Crippen LogP contribution in [0.25, 0.3) is 11.0 Å². The van der Waals surface area contributed by atoms with Gasteiger partial charge in [0.05, 0.1) is 36.0 Å². The predicted octanol–water partition coefficient (Wildman–Crippen LogP) is 2.80. The van der Waals surface area contributed by atoms with Crippen molar-refractivity contribution < 1.29 is 22.7 Å². The lowest BCUT2D eigenvalue weighted by Gasteiger charge is -2.21. The third kappa shape index (κ3) is 4.55. The number of halogens is 3. The molecule has 30 heavy (non-hydrogen) atoms. The van der Waals surface area contributed by atoms with E-state index in [1.807, 2.05) is 24.3 Å². The van der Waals surface area contributed by atoms with Crippen molar-refractivity contribution in [2.45, 2.75) is 18.3 Å². The number of nitrogens with zero attached hydrogens (tertiary/aromatic N) is 1. The number of H-pyrrole nitrogens is 1. The first-order chi connectivity index (χ1) is 14.4. The molecule has 1 aliphatic heterocycles. The molecule has 1 aliphatic rings. The molecule has 1 saturated heterocycles. The number of anilines is 1. The Morgan fingerprint density at radius 2 is 2.07 bits per heavy atom. The Balaban J connectivity index is 1.57. The van der Waals surface area contributed by atoms with Gasteiger partial charge in [-0.05, 0) is 29.8 Å². The Morgan fingerprint density at radius 1 is 1.23 bits per heavy atom. The van der Waals surface area contributed by atoms with Crippen molar-refractivity contribution >= 4 is 22.9 Å². The average Bonchev–Trinajstić information content (AvgIpc) is 3.39. The summed E-state index contributed by atoms with van der Waals surface area (Å²) in [5.74, 6) is 0.117. The van der Waals surface area contributed by atoms with Crippen LogP contribution in [0.2, 0.25) is 0 Å². The summed E-state index contributed by atoms with van der Waals surface area (Å²) in [6, 6.07) is 11.3. The highest BCUT2D eigenvalue weighted by Gasteiger charge is 2.31. The van der Waals surface area contributed by atoms with Crippen LogP contribution in [0, 0.1) is 0 Å². The zero-order chi connectivity index (χ0) is 21.1. The number of rotatable bonds is 6. The summed E-state index contributed by atoms with van der Waals surface area (Å²) in [7, 11) is 0. The molecule has 0 radical (unpaired) electrons. The van der Waals surface area contributed by atoms with Gasteiger partial charge in [0.25, 0.3) is 0 Å². The number of benzene rings is 2. The molecule has 0 bridgehead atoms. The quantitative estimate of drug-likeness (QED) is 0.493. The number of ether oxygens (including phenoxy) is 1. The summed E-state index contributed by atoms with van der Waals surface area (Å²) >= 11 is 0. The molecule has 4 N–H and O–H groups in total. The summed E-state index contributed by atoms with van der Waals surface area (Å²) < 4.78 is 44.7. The Labute approximate surface area is 170 Å². The van der Waals surface area contributed by atoms with Gasteiger partial charge in [0.1, 0.15) is 6.04 Å². The first-order valence-corrected chi connectivity index (χ1v) is 9.37. The molecule has 2 heterocycles. The SMILES string of the molecule is O=C(NCC(Nc1nc2ccccc2[nH]1)c1cccc(C(F)(F)F)c1)C1COCN1. The molecule has 0 saturated carbocycles. The first-order valence-electron chi connectivity index (χ1n) is 9.37. The lowest BCUT2D eigenvalue weighted by molar-refractivity contribution is -0.137. The Hall–Kier alpha value is -3.11. The normalized spacial score (nSPS) is 17.8. The van der Waals surface area contributed by atoms with Gasteiger partial charge in [0, 0.05) is 6.54 Å². The summed E-state index contributed by atoms with van der Waals surface area (Å²) in [4.78, 5) is 19.8. The van der Waals surface area contributed by atoms with Crippen molar-refractivity contribution in [2.75, 3.05) is 25.2 Å². The van der Waals surface area contributed by atoms with Crippen molar-refractivity contribution in [3.8, 4) is 0 Å². The monoisotopic (exact) mass is 419 g/mol. The van der Waals surface area contributed by atoms with E-state index < -0.39 is 23.8 Å². The number of para-hydroxylation sites is 2. The highest BCUT2D eigenvalue weighted by Crippen LogP contribution is 2.31. The van der Waals surface area contributed by atoms with Gasteiger partial charge in [-0.1, -0.05) is 24.3 Å². The van der Waals surface area contributed by atoms with Crippen LogP contribution in [0.15, 0.2) is 48.5 Å². The largest absolute Gasteiger partial charge is 0.416 e. The minimum absolute atomic E-state index is 0.0649. The topological polar surface area (TPSA) is 91.1 Å². The third-order valence-corrected chi connectivity index (χ3v) is 4.83. The number of carbonyl (C=O) groups is 1. The summed E-state index contributed by atoms with van der Waals surface area (Å²) in [5, 5.41) is 8.77. The average molecular weight is 419 g/mol. The number of aromatic nitrogens is 2. The smallest absolute Gasteiger partial charge is 0.364 e. The number of hydrogen-bond donors (Lipinski definition) is 4. The molecule has 10 heteroatoms. The van der Waals surface area contributed by atoms with E-state index in [0.717, 1.165) is 23.2 Å². The molecule has 2 unspecified atom stereocenters. The molecule has 4 rings (SSSR count). The number of aromatic amines is 1. The molecule has 1 amide bonds. The molecular formula is C20H20F3N5O2. The minimum Gasteiger partial charge on any atom is -0.364 e. The van der Waals surface area contributed by atoms with Crippen LogP contribution in [0.4, 0.5) is 19.1 Å². The standard InChI is InChI=1S/C20H20F3N5O2/c21-20(22,23)13-5-3-4-12(8-13)16(9-24-18(29)17-10-30-11-25-17)28-19-26-14-6-1-2-7-15(14)27-19/h1-8,16-17,25H,9-11H2,(H,24,29)(H2,26,27,28). The minimum atomic E-state index is -4.46. The molecular weight excluding hydrogens is 399 g/mol. The molecule has 1 aromatic heterocycles. The lowest BCUT2D eigenvalue weighted by atomic mass is 10.0. The van der Waals surface area contributed by atoms with Crippen LogP contribution in [-0.2, 0) is 15.7 Å². The number of hydrogen-bond acceptors (Lipinski definition) is 5. The van der Waals surface area contributed by atoms with Gasteiger partial charge < -0.3 is 20.4 Å². The van der Waals surface area contributed by atoms with Crippen LogP contribution in [0.1, 0.15) is 17.2 Å². The predicted molar refractivity (Wildman–Crippen MR) is 105 cm³/mol. The van der Waals surface area contributed by atoms with Crippen molar-refractivity contribution in [3.63, 3.8) is 0 Å². The van der Waals surface area contributed by atoms with Crippen molar-refractivity contribution in [3.05, 3.63) is 59.7 Å². The van der Waals surface area contributed by atoms with E-state index in [0.29, 0.717) is 11.5 Å². The Bertz CT molecular complexity index is 997. The van der Waals surface area contributed by atoms with Gasteiger partial charge in [0.2, 0.25) is 11.9 Å². The van der Waals surface area contributed by atoms with Gasteiger partial charge in [-0.2, -0.15) is 13.2 Å². The first kappa shape index (κ1) is 20.2. The number of imidazole rings is 1. The Morgan fingerprint density at radius 3 is 2.80 bits per heavy atom. The molecule has 3 aromatic rings. The van der Waals surface area contributed by atoms with Crippen LogP contribution in [0.3, 0.4) is 0 Å². The fraction of sp³-hybridized carbons (Fsp3) is 0.300. The third-order valence-electron chi connectivity index (χ3n) is 4.83. The van der Waals surface area contributed by atoms with Crippen molar-refractivity contribution in [1.29, 1.82) is 0 Å². The van der Waals surface area contributed by atoms with Crippen LogP contribution in [-0.4, -0.2) is 41.8 Å². The van der Waals surface area contributed by atoms with E-state index in [1.165, 1.54) is 6.07 Å². The van der Waals surface area contributed by atoms with Crippen molar-refractivity contribution in [2.24, 2.45) is 0 Å². The number of alkyl halides is 3. The fourth-order valence-electron chi connectivity index (χ4n) is 3.26. The van der Waals surface area contributed by atoms with Gasteiger partial charge in [-0.15, -0.1) is 0 Å². The van der Waals surface area contributed by atoms with E-state index in [-0.39, 0.29) is 25.8 Å². The zero-order valence-corrected chi connectivity index (χ0v) is 15.8. The van der Waals surface area contributed by atoms with Gasteiger partial charge in [-0.25, -0.2) is 4.98 Å². The molecule has 2 aromatic carbocycles. The van der Waals surface area contributed by atoms with E-state index in [4.69, 9.17) is 4.74 Å². The zero-order valence-electron chi connectivity index (χ0n) is 15.8.